The molecule has 2 amide bonds. The fourth-order valence-electron chi connectivity index (χ4n) is 2.56. The molecule has 0 saturated carbocycles. The standard InChI is InChI=1S/C21H19F5N2O4/c1-12-6-7-14(19(30)27-11-21(24,25)26)10-15(12)28-17(29)9-8-13-4-3-5-16(31-2)18(13)32-20(22)23/h3-10,20H,11H2,1-2H3,(H,27,30)(H,28,29)/b9-8+. The van der Waals surface area contributed by atoms with Crippen molar-refractivity contribution >= 4 is 23.6 Å². The summed E-state index contributed by atoms with van der Waals surface area (Å²) in [6.45, 7) is -2.98. The van der Waals surface area contributed by atoms with Gasteiger partial charge in [-0.2, -0.15) is 22.0 Å². The first-order valence-corrected chi connectivity index (χ1v) is 9.06. The van der Waals surface area contributed by atoms with Crippen LogP contribution >= 0.6 is 0 Å². The molecule has 11 heteroatoms. The number of carbonyl (C=O) groups excluding carboxylic acids is 2. The average Bonchev–Trinajstić information content (AvgIpc) is 2.71. The van der Waals surface area contributed by atoms with Crippen LogP contribution in [-0.2, 0) is 4.79 Å². The molecule has 0 fully saturated rings. The molecule has 0 atom stereocenters. The maximum atomic E-state index is 12.7. The number of anilines is 1. The highest BCUT2D eigenvalue weighted by molar-refractivity contribution is 6.03. The molecule has 0 spiro atoms. The highest BCUT2D eigenvalue weighted by Crippen LogP contribution is 2.33. The van der Waals surface area contributed by atoms with Gasteiger partial charge in [-0.25, -0.2) is 0 Å². The van der Waals surface area contributed by atoms with Gasteiger partial charge in [0.1, 0.15) is 6.54 Å². The van der Waals surface area contributed by atoms with Crippen molar-refractivity contribution in [3.8, 4) is 11.5 Å². The van der Waals surface area contributed by atoms with E-state index in [0.717, 1.165) is 6.08 Å². The van der Waals surface area contributed by atoms with Crippen LogP contribution in [-0.4, -0.2) is 38.3 Å². The van der Waals surface area contributed by atoms with Crippen LogP contribution in [0.4, 0.5) is 27.6 Å². The molecule has 32 heavy (non-hydrogen) atoms. The number of rotatable bonds is 8. The highest BCUT2D eigenvalue weighted by Gasteiger charge is 2.28. The van der Waals surface area contributed by atoms with Crippen molar-refractivity contribution in [3.63, 3.8) is 0 Å². The Morgan fingerprint density at radius 3 is 2.50 bits per heavy atom. The van der Waals surface area contributed by atoms with Gasteiger partial charge in [0.25, 0.3) is 5.91 Å². The molecule has 2 aromatic carbocycles. The zero-order valence-electron chi connectivity index (χ0n) is 16.9. The van der Waals surface area contributed by atoms with Crippen molar-refractivity contribution in [2.45, 2.75) is 19.7 Å². The number of carbonyl (C=O) groups is 2. The van der Waals surface area contributed by atoms with E-state index in [4.69, 9.17) is 4.74 Å². The summed E-state index contributed by atoms with van der Waals surface area (Å²) in [4.78, 5) is 24.2. The number of halogens is 5. The van der Waals surface area contributed by atoms with Gasteiger partial charge >= 0.3 is 12.8 Å². The molecule has 172 valence electrons. The number of methoxy groups -OCH3 is 1. The quantitative estimate of drug-likeness (QED) is 0.450. The van der Waals surface area contributed by atoms with Crippen molar-refractivity contribution in [2.75, 3.05) is 19.0 Å². The molecule has 0 radical (unpaired) electrons. The molecular formula is C21H19F5N2O4. The Labute approximate surface area is 180 Å². The molecule has 2 N–H and O–H groups in total. The van der Waals surface area contributed by atoms with Crippen LogP contribution in [0.15, 0.2) is 42.5 Å². The van der Waals surface area contributed by atoms with Gasteiger partial charge in [-0.1, -0.05) is 18.2 Å². The topological polar surface area (TPSA) is 76.7 Å². The van der Waals surface area contributed by atoms with E-state index in [9.17, 15) is 31.5 Å². The van der Waals surface area contributed by atoms with E-state index in [0.29, 0.717) is 5.56 Å². The van der Waals surface area contributed by atoms with Crippen LogP contribution in [0.2, 0.25) is 0 Å². The minimum absolute atomic E-state index is 0.0428. The number of nitrogens with one attached hydrogen (secondary N) is 2. The van der Waals surface area contributed by atoms with E-state index in [1.54, 1.807) is 12.2 Å². The second-order valence-electron chi connectivity index (χ2n) is 6.41. The number of amides is 2. The Bertz CT molecular complexity index is 1010. The summed E-state index contributed by atoms with van der Waals surface area (Å²) in [5, 5.41) is 4.23. The first kappa shape index (κ1) is 24.6. The van der Waals surface area contributed by atoms with E-state index in [1.807, 2.05) is 0 Å². The van der Waals surface area contributed by atoms with Crippen molar-refractivity contribution in [3.05, 3.63) is 59.2 Å². The molecule has 2 rings (SSSR count). The number of hydrogen-bond donors (Lipinski definition) is 2. The monoisotopic (exact) mass is 458 g/mol. The third kappa shape index (κ3) is 7.25. The fraction of sp³-hybridized carbons (Fsp3) is 0.238. The van der Waals surface area contributed by atoms with Gasteiger partial charge in [0.15, 0.2) is 11.5 Å². The van der Waals surface area contributed by atoms with Crippen molar-refractivity contribution < 1.29 is 41.0 Å². The number of aryl methyl sites for hydroxylation is 1. The lowest BCUT2D eigenvalue weighted by Crippen LogP contribution is -2.33. The summed E-state index contributed by atoms with van der Waals surface area (Å²) in [5.41, 5.74) is 0.799. The molecule has 0 aromatic heterocycles. The molecule has 0 aliphatic rings. The van der Waals surface area contributed by atoms with E-state index in [-0.39, 0.29) is 28.3 Å². The normalized spacial score (nSPS) is 11.5. The van der Waals surface area contributed by atoms with Gasteiger partial charge in [-0.15, -0.1) is 0 Å². The highest BCUT2D eigenvalue weighted by atomic mass is 19.4. The summed E-state index contributed by atoms with van der Waals surface area (Å²) >= 11 is 0. The number of hydrogen-bond acceptors (Lipinski definition) is 4. The van der Waals surface area contributed by atoms with E-state index in [1.165, 1.54) is 49.6 Å². The lowest BCUT2D eigenvalue weighted by atomic mass is 10.1. The van der Waals surface area contributed by atoms with E-state index < -0.39 is 31.1 Å². The Morgan fingerprint density at radius 2 is 1.88 bits per heavy atom. The smallest absolute Gasteiger partial charge is 0.405 e. The zero-order valence-corrected chi connectivity index (χ0v) is 16.9. The van der Waals surface area contributed by atoms with Crippen LogP contribution in [0.1, 0.15) is 21.5 Å². The summed E-state index contributed by atoms with van der Waals surface area (Å²) in [5.74, 6) is -1.85. The largest absolute Gasteiger partial charge is 0.493 e. The van der Waals surface area contributed by atoms with Crippen molar-refractivity contribution in [1.82, 2.24) is 5.32 Å². The lowest BCUT2D eigenvalue weighted by molar-refractivity contribution is -0.123. The summed E-state index contributed by atoms with van der Waals surface area (Å²) in [6.07, 6.45) is -2.29. The maximum absolute atomic E-state index is 12.7. The number of ether oxygens (including phenoxy) is 2. The van der Waals surface area contributed by atoms with Crippen LogP contribution in [0.3, 0.4) is 0 Å². The van der Waals surface area contributed by atoms with Crippen molar-refractivity contribution in [1.29, 1.82) is 0 Å². The Hall–Kier alpha value is -3.63. The molecule has 0 aliphatic heterocycles. The third-order valence-electron chi connectivity index (χ3n) is 4.06. The van der Waals surface area contributed by atoms with Gasteiger partial charge < -0.3 is 20.1 Å². The molecule has 0 heterocycles. The van der Waals surface area contributed by atoms with E-state index >= 15 is 0 Å². The Balaban J connectivity index is 2.17. The van der Waals surface area contributed by atoms with Gasteiger partial charge in [0.2, 0.25) is 5.91 Å². The number of para-hydroxylation sites is 1. The van der Waals surface area contributed by atoms with Crippen LogP contribution in [0.25, 0.3) is 6.08 Å². The predicted molar refractivity (Wildman–Crippen MR) is 107 cm³/mol. The minimum Gasteiger partial charge on any atom is -0.493 e. The molecule has 0 saturated heterocycles. The average molecular weight is 458 g/mol. The molecule has 0 aliphatic carbocycles. The van der Waals surface area contributed by atoms with E-state index in [2.05, 4.69) is 10.1 Å². The first-order valence-electron chi connectivity index (χ1n) is 9.06. The Morgan fingerprint density at radius 1 is 1.16 bits per heavy atom. The van der Waals surface area contributed by atoms with Gasteiger partial charge in [0.05, 0.1) is 7.11 Å². The molecule has 0 unspecified atom stereocenters. The number of benzene rings is 2. The first-order chi connectivity index (χ1) is 15.0. The molecule has 2 aromatic rings. The third-order valence-corrected chi connectivity index (χ3v) is 4.06. The summed E-state index contributed by atoms with van der Waals surface area (Å²) in [6, 6.07) is 8.36. The van der Waals surface area contributed by atoms with Crippen molar-refractivity contribution in [2.24, 2.45) is 0 Å². The second kappa shape index (κ2) is 10.6. The maximum Gasteiger partial charge on any atom is 0.405 e. The Kier molecular flexibility index (Phi) is 8.16. The predicted octanol–water partition coefficient (Wildman–Crippen LogP) is 4.55. The fourth-order valence-corrected chi connectivity index (χ4v) is 2.56. The summed E-state index contributed by atoms with van der Waals surface area (Å²) < 4.78 is 71.7. The second-order valence-corrected chi connectivity index (χ2v) is 6.41. The minimum atomic E-state index is -4.56. The van der Waals surface area contributed by atoms with Crippen LogP contribution < -0.4 is 20.1 Å². The number of alkyl halides is 5. The zero-order chi connectivity index (χ0) is 23.9. The van der Waals surface area contributed by atoms with Gasteiger partial charge in [0, 0.05) is 22.9 Å². The van der Waals surface area contributed by atoms with Crippen LogP contribution in [0, 0.1) is 6.92 Å². The van der Waals surface area contributed by atoms with Crippen LogP contribution in [0.5, 0.6) is 11.5 Å². The van der Waals surface area contributed by atoms with Gasteiger partial charge in [-0.05, 0) is 36.8 Å². The molecular weight excluding hydrogens is 439 g/mol. The molecule has 0 bridgehead atoms. The lowest BCUT2D eigenvalue weighted by Gasteiger charge is -2.12. The summed E-state index contributed by atoms with van der Waals surface area (Å²) in [7, 11) is 1.27. The van der Waals surface area contributed by atoms with Gasteiger partial charge in [-0.3, -0.25) is 9.59 Å². The molecule has 6 nitrogen and oxygen atoms in total. The SMILES string of the molecule is COc1cccc(/C=C/C(=O)Nc2cc(C(=O)NCC(F)(F)F)ccc2C)c1OC(F)F.